The van der Waals surface area contributed by atoms with Crippen LogP contribution < -0.4 is 6.15 Å². The van der Waals surface area contributed by atoms with Crippen molar-refractivity contribution in [1.29, 1.82) is 0 Å². The third kappa shape index (κ3) is 4.38. The first kappa shape index (κ1) is 10.9. The molecule has 68 valence electrons. The van der Waals surface area contributed by atoms with Crippen molar-refractivity contribution in [2.24, 2.45) is 5.92 Å². The molecule has 0 unspecified atom stereocenters. The van der Waals surface area contributed by atoms with Crippen LogP contribution in [0.2, 0.25) is 0 Å². The van der Waals surface area contributed by atoms with E-state index in [1.165, 1.54) is 38.6 Å². The molecule has 2 nitrogen and oxygen atoms in total. The SMILES string of the molecule is CN(C)CC1CCCCC1.N. The van der Waals surface area contributed by atoms with Crippen LogP contribution in [0.3, 0.4) is 0 Å². The Hall–Kier alpha value is -0.0800. The average Bonchev–Trinajstić information content (AvgIpc) is 1.88. The van der Waals surface area contributed by atoms with Crippen molar-refractivity contribution in [2.45, 2.75) is 32.1 Å². The lowest BCUT2D eigenvalue weighted by molar-refractivity contribution is 0.264. The van der Waals surface area contributed by atoms with Gasteiger partial charge in [0.05, 0.1) is 0 Å². The van der Waals surface area contributed by atoms with Crippen LogP contribution in [0.1, 0.15) is 32.1 Å². The normalized spacial score (nSPS) is 19.9. The van der Waals surface area contributed by atoms with E-state index in [9.17, 15) is 0 Å². The van der Waals surface area contributed by atoms with E-state index in [0.29, 0.717) is 0 Å². The summed E-state index contributed by atoms with van der Waals surface area (Å²) >= 11 is 0. The first-order valence-electron chi connectivity index (χ1n) is 4.44. The van der Waals surface area contributed by atoms with Crippen LogP contribution in [0.25, 0.3) is 0 Å². The topological polar surface area (TPSA) is 38.2 Å². The number of rotatable bonds is 2. The minimum absolute atomic E-state index is 0. The second kappa shape index (κ2) is 5.56. The molecule has 1 aliphatic carbocycles. The Labute approximate surface area is 70.5 Å². The Kier molecular flexibility index (Phi) is 5.51. The Morgan fingerprint density at radius 3 is 2.09 bits per heavy atom. The second-order valence-electron chi connectivity index (χ2n) is 3.77. The van der Waals surface area contributed by atoms with Crippen LogP contribution in [0.15, 0.2) is 0 Å². The van der Waals surface area contributed by atoms with Crippen LogP contribution in [0.5, 0.6) is 0 Å². The van der Waals surface area contributed by atoms with Gasteiger partial charge in [0, 0.05) is 6.54 Å². The fraction of sp³-hybridized carbons (Fsp3) is 1.00. The fourth-order valence-electron chi connectivity index (χ4n) is 1.89. The molecule has 0 amide bonds. The molecule has 0 spiro atoms. The maximum absolute atomic E-state index is 2.32. The lowest BCUT2D eigenvalue weighted by atomic mass is 9.89. The Morgan fingerprint density at radius 1 is 1.09 bits per heavy atom. The predicted octanol–water partition coefficient (Wildman–Crippen LogP) is 2.29. The van der Waals surface area contributed by atoms with E-state index in [2.05, 4.69) is 19.0 Å². The van der Waals surface area contributed by atoms with E-state index < -0.39 is 0 Å². The summed E-state index contributed by atoms with van der Waals surface area (Å²) in [6.45, 7) is 1.31. The predicted molar refractivity (Wildman–Crippen MR) is 50.2 cm³/mol. The van der Waals surface area contributed by atoms with Gasteiger partial charge < -0.3 is 11.1 Å². The van der Waals surface area contributed by atoms with E-state index in [1.54, 1.807) is 0 Å². The van der Waals surface area contributed by atoms with E-state index >= 15 is 0 Å². The summed E-state index contributed by atoms with van der Waals surface area (Å²) in [6, 6.07) is 0. The molecular weight excluding hydrogens is 136 g/mol. The molecule has 2 heteroatoms. The van der Waals surface area contributed by atoms with Gasteiger partial charge in [-0.15, -0.1) is 0 Å². The zero-order chi connectivity index (χ0) is 7.40. The summed E-state index contributed by atoms with van der Waals surface area (Å²) in [6.07, 6.45) is 7.36. The highest BCUT2D eigenvalue weighted by Gasteiger charge is 2.13. The molecule has 0 aliphatic heterocycles. The number of nitrogens with zero attached hydrogens (tertiary/aromatic N) is 1. The van der Waals surface area contributed by atoms with Gasteiger partial charge in [-0.1, -0.05) is 19.3 Å². The molecular formula is C9H22N2. The standard InChI is InChI=1S/C9H19N.H3N/c1-10(2)8-9-6-4-3-5-7-9;/h9H,3-8H2,1-2H3;1H3. The molecule has 0 saturated heterocycles. The summed E-state index contributed by atoms with van der Waals surface area (Å²) in [4.78, 5) is 2.32. The third-order valence-electron chi connectivity index (χ3n) is 2.35. The van der Waals surface area contributed by atoms with Gasteiger partial charge in [0.25, 0.3) is 0 Å². The van der Waals surface area contributed by atoms with E-state index in [1.807, 2.05) is 0 Å². The van der Waals surface area contributed by atoms with Crippen molar-refractivity contribution in [3.63, 3.8) is 0 Å². The van der Waals surface area contributed by atoms with Gasteiger partial charge in [0.15, 0.2) is 0 Å². The largest absolute Gasteiger partial charge is 0.344 e. The molecule has 11 heavy (non-hydrogen) atoms. The van der Waals surface area contributed by atoms with Gasteiger partial charge in [-0.3, -0.25) is 0 Å². The molecule has 0 aromatic carbocycles. The minimum atomic E-state index is 0. The molecule has 1 rings (SSSR count). The van der Waals surface area contributed by atoms with Crippen LogP contribution in [0, 0.1) is 5.92 Å². The maximum Gasteiger partial charge on any atom is 0.000356 e. The first-order valence-corrected chi connectivity index (χ1v) is 4.44. The Bertz CT molecular complexity index is 85.6. The summed E-state index contributed by atoms with van der Waals surface area (Å²) in [5.41, 5.74) is 0. The quantitative estimate of drug-likeness (QED) is 0.669. The fourth-order valence-corrected chi connectivity index (χ4v) is 1.89. The number of hydrogen-bond acceptors (Lipinski definition) is 2. The smallest absolute Gasteiger partial charge is 0.000356 e. The molecule has 0 bridgehead atoms. The number of hydrogen-bond donors (Lipinski definition) is 1. The third-order valence-corrected chi connectivity index (χ3v) is 2.35. The van der Waals surface area contributed by atoms with Gasteiger partial charge in [-0.25, -0.2) is 0 Å². The molecule has 0 atom stereocenters. The van der Waals surface area contributed by atoms with Crippen molar-refractivity contribution in [3.05, 3.63) is 0 Å². The molecule has 0 aromatic heterocycles. The molecule has 3 N–H and O–H groups in total. The summed E-state index contributed by atoms with van der Waals surface area (Å²) in [5, 5.41) is 0. The highest BCUT2D eigenvalue weighted by atomic mass is 15.1. The molecule has 0 heterocycles. The Morgan fingerprint density at radius 2 is 1.64 bits per heavy atom. The van der Waals surface area contributed by atoms with E-state index in [4.69, 9.17) is 0 Å². The van der Waals surface area contributed by atoms with Gasteiger partial charge in [-0.2, -0.15) is 0 Å². The van der Waals surface area contributed by atoms with Gasteiger partial charge in [0.1, 0.15) is 0 Å². The van der Waals surface area contributed by atoms with E-state index in [-0.39, 0.29) is 6.15 Å². The molecule has 1 saturated carbocycles. The maximum atomic E-state index is 2.32. The highest BCUT2D eigenvalue weighted by Crippen LogP contribution is 2.23. The van der Waals surface area contributed by atoms with Crippen LogP contribution in [0.4, 0.5) is 0 Å². The van der Waals surface area contributed by atoms with Crippen LogP contribution >= 0.6 is 0 Å². The van der Waals surface area contributed by atoms with E-state index in [0.717, 1.165) is 5.92 Å². The van der Waals surface area contributed by atoms with Crippen molar-refractivity contribution in [2.75, 3.05) is 20.6 Å². The van der Waals surface area contributed by atoms with Gasteiger partial charge >= 0.3 is 0 Å². The molecule has 0 aromatic rings. The van der Waals surface area contributed by atoms with Gasteiger partial charge in [-0.05, 0) is 32.9 Å². The zero-order valence-corrected chi connectivity index (χ0v) is 7.97. The lowest BCUT2D eigenvalue weighted by Gasteiger charge is -2.24. The van der Waals surface area contributed by atoms with Crippen molar-refractivity contribution >= 4 is 0 Å². The first-order chi connectivity index (χ1) is 4.79. The molecule has 1 fully saturated rings. The molecule has 1 aliphatic rings. The summed E-state index contributed by atoms with van der Waals surface area (Å²) in [7, 11) is 4.35. The summed E-state index contributed by atoms with van der Waals surface area (Å²) in [5.74, 6) is 1.00. The lowest BCUT2D eigenvalue weighted by Crippen LogP contribution is -2.23. The monoisotopic (exact) mass is 158 g/mol. The second-order valence-corrected chi connectivity index (χ2v) is 3.77. The van der Waals surface area contributed by atoms with Crippen molar-refractivity contribution < 1.29 is 0 Å². The summed E-state index contributed by atoms with van der Waals surface area (Å²) < 4.78 is 0. The Balaban J connectivity index is 0.000001000. The van der Waals surface area contributed by atoms with Crippen molar-refractivity contribution in [3.8, 4) is 0 Å². The zero-order valence-electron chi connectivity index (χ0n) is 7.97. The van der Waals surface area contributed by atoms with Gasteiger partial charge in [0.2, 0.25) is 0 Å². The average molecular weight is 158 g/mol. The van der Waals surface area contributed by atoms with Crippen LogP contribution in [-0.2, 0) is 0 Å². The molecule has 0 radical (unpaired) electrons. The van der Waals surface area contributed by atoms with Crippen LogP contribution in [-0.4, -0.2) is 25.5 Å². The highest BCUT2D eigenvalue weighted by molar-refractivity contribution is 4.67. The minimum Gasteiger partial charge on any atom is -0.344 e. The van der Waals surface area contributed by atoms with Crippen molar-refractivity contribution in [1.82, 2.24) is 11.1 Å².